The van der Waals surface area contributed by atoms with Crippen molar-refractivity contribution >= 4 is 11.6 Å². The van der Waals surface area contributed by atoms with Crippen LogP contribution in [0.25, 0.3) is 0 Å². The molecular weight excluding hydrogens is 307 g/mol. The molecule has 0 aromatic heterocycles. The first-order chi connectivity index (χ1) is 9.78. The fraction of sp³-hybridized carbons (Fsp3) is 0.143. The van der Waals surface area contributed by atoms with Gasteiger partial charge in [0.05, 0.1) is 11.1 Å². The first-order valence-electron chi connectivity index (χ1n) is 5.86. The molecule has 0 heterocycles. The fourth-order valence-electron chi connectivity index (χ4n) is 1.84. The van der Waals surface area contributed by atoms with Crippen molar-refractivity contribution in [2.24, 2.45) is 5.73 Å². The van der Waals surface area contributed by atoms with Gasteiger partial charge in [-0.25, -0.2) is 0 Å². The third kappa shape index (κ3) is 3.80. The maximum Gasteiger partial charge on any atom is 0.573 e. The number of rotatable bonds is 3. The van der Waals surface area contributed by atoms with Crippen molar-refractivity contribution in [3.05, 3.63) is 58.6 Å². The lowest BCUT2D eigenvalue weighted by Gasteiger charge is -2.15. The molecule has 2 aromatic carbocycles. The van der Waals surface area contributed by atoms with Crippen LogP contribution in [-0.4, -0.2) is 11.5 Å². The third-order valence-electron chi connectivity index (χ3n) is 2.83. The van der Waals surface area contributed by atoms with Gasteiger partial charge >= 0.3 is 6.36 Å². The van der Waals surface area contributed by atoms with Crippen LogP contribution in [0.4, 0.5) is 13.2 Å². The highest BCUT2D eigenvalue weighted by molar-refractivity contribution is 6.32. The van der Waals surface area contributed by atoms with Crippen molar-refractivity contribution in [1.29, 1.82) is 0 Å². The van der Waals surface area contributed by atoms with Gasteiger partial charge < -0.3 is 15.6 Å². The normalized spacial score (nSPS) is 13.0. The number of aromatic hydroxyl groups is 1. The molecule has 0 aliphatic heterocycles. The highest BCUT2D eigenvalue weighted by atomic mass is 35.5. The summed E-state index contributed by atoms with van der Waals surface area (Å²) in [5.74, 6) is -0.490. The molecule has 3 nitrogen and oxygen atoms in total. The van der Waals surface area contributed by atoms with E-state index in [2.05, 4.69) is 4.74 Å². The van der Waals surface area contributed by atoms with Crippen LogP contribution in [0, 0.1) is 0 Å². The molecule has 1 atom stereocenters. The van der Waals surface area contributed by atoms with Crippen molar-refractivity contribution < 1.29 is 23.0 Å². The molecule has 0 fully saturated rings. The van der Waals surface area contributed by atoms with E-state index in [-0.39, 0.29) is 16.5 Å². The predicted molar refractivity (Wildman–Crippen MR) is 72.3 cm³/mol. The highest BCUT2D eigenvalue weighted by Crippen LogP contribution is 2.34. The summed E-state index contributed by atoms with van der Waals surface area (Å²) in [7, 11) is 0. The number of para-hydroxylation sites is 1. The minimum Gasteiger partial charge on any atom is -0.506 e. The van der Waals surface area contributed by atoms with Crippen molar-refractivity contribution in [3.63, 3.8) is 0 Å². The topological polar surface area (TPSA) is 55.5 Å². The summed E-state index contributed by atoms with van der Waals surface area (Å²) >= 11 is 5.79. The highest BCUT2D eigenvalue weighted by Gasteiger charge is 2.31. The summed E-state index contributed by atoms with van der Waals surface area (Å²) in [5.41, 5.74) is 6.88. The first kappa shape index (κ1) is 15.5. The van der Waals surface area contributed by atoms with Gasteiger partial charge in [-0.05, 0) is 23.8 Å². The van der Waals surface area contributed by atoms with Gasteiger partial charge in [-0.3, -0.25) is 0 Å². The van der Waals surface area contributed by atoms with Crippen LogP contribution in [0.1, 0.15) is 17.2 Å². The Balaban J connectivity index is 2.24. The lowest BCUT2D eigenvalue weighted by atomic mass is 9.99. The second-order valence-electron chi connectivity index (χ2n) is 4.27. The average Bonchev–Trinajstić information content (AvgIpc) is 2.40. The van der Waals surface area contributed by atoms with E-state index in [1.165, 1.54) is 18.2 Å². The third-order valence-corrected chi connectivity index (χ3v) is 3.13. The van der Waals surface area contributed by atoms with Gasteiger partial charge in [0, 0.05) is 5.56 Å². The molecule has 0 saturated heterocycles. The number of nitrogens with two attached hydrogens (primary N) is 1. The van der Waals surface area contributed by atoms with Gasteiger partial charge in [-0.1, -0.05) is 35.9 Å². The second kappa shape index (κ2) is 5.83. The maximum atomic E-state index is 12.1. The standard InChI is InChI=1S/C14H11ClF3NO2/c15-11-3-1-2-10(13(11)20)12(19)8-4-6-9(7-5-8)21-14(16,17)18/h1-7,12,20H,19H2/t12-/m0/s1. The lowest BCUT2D eigenvalue weighted by molar-refractivity contribution is -0.274. The number of hydrogen-bond donors (Lipinski definition) is 2. The van der Waals surface area contributed by atoms with Crippen molar-refractivity contribution in [2.45, 2.75) is 12.4 Å². The number of phenolic OH excluding ortho intramolecular Hbond substituents is 1. The number of hydrogen-bond acceptors (Lipinski definition) is 3. The van der Waals surface area contributed by atoms with Gasteiger partial charge in [0.1, 0.15) is 11.5 Å². The summed E-state index contributed by atoms with van der Waals surface area (Å²) in [6, 6.07) is 9.11. The fourth-order valence-corrected chi connectivity index (χ4v) is 2.02. The van der Waals surface area contributed by atoms with E-state index in [0.29, 0.717) is 11.1 Å². The van der Waals surface area contributed by atoms with Crippen LogP contribution in [0.2, 0.25) is 5.02 Å². The number of halogens is 4. The van der Waals surface area contributed by atoms with E-state index in [9.17, 15) is 18.3 Å². The molecular formula is C14H11ClF3NO2. The Morgan fingerprint density at radius 3 is 2.29 bits per heavy atom. The summed E-state index contributed by atoms with van der Waals surface area (Å²) < 4.78 is 40.0. The van der Waals surface area contributed by atoms with Gasteiger partial charge in [0.25, 0.3) is 0 Å². The zero-order valence-corrected chi connectivity index (χ0v) is 11.3. The molecule has 21 heavy (non-hydrogen) atoms. The Bertz CT molecular complexity index is 629. The Morgan fingerprint density at radius 2 is 1.71 bits per heavy atom. The summed E-state index contributed by atoms with van der Waals surface area (Å²) in [4.78, 5) is 0. The summed E-state index contributed by atoms with van der Waals surface area (Å²) in [6.45, 7) is 0. The zero-order chi connectivity index (χ0) is 15.6. The Labute approximate surface area is 123 Å². The van der Waals surface area contributed by atoms with E-state index in [0.717, 1.165) is 12.1 Å². The van der Waals surface area contributed by atoms with Crippen LogP contribution in [0.5, 0.6) is 11.5 Å². The molecule has 2 aromatic rings. The van der Waals surface area contributed by atoms with E-state index in [4.69, 9.17) is 17.3 Å². The van der Waals surface area contributed by atoms with Gasteiger partial charge in [-0.2, -0.15) is 0 Å². The smallest absolute Gasteiger partial charge is 0.506 e. The molecule has 0 aliphatic rings. The molecule has 0 saturated carbocycles. The Morgan fingerprint density at radius 1 is 1.10 bits per heavy atom. The van der Waals surface area contributed by atoms with E-state index in [1.54, 1.807) is 12.1 Å². The number of ether oxygens (including phenoxy) is 1. The van der Waals surface area contributed by atoms with Crippen LogP contribution >= 0.6 is 11.6 Å². The summed E-state index contributed by atoms with van der Waals surface area (Å²) in [6.07, 6.45) is -4.74. The SMILES string of the molecule is N[C@@H](c1ccc(OC(F)(F)F)cc1)c1cccc(Cl)c1O. The second-order valence-corrected chi connectivity index (χ2v) is 4.68. The molecule has 0 amide bonds. The van der Waals surface area contributed by atoms with Crippen molar-refractivity contribution in [3.8, 4) is 11.5 Å². The van der Waals surface area contributed by atoms with Gasteiger partial charge in [0.2, 0.25) is 0 Å². The largest absolute Gasteiger partial charge is 0.573 e. The number of alkyl halides is 3. The van der Waals surface area contributed by atoms with Crippen LogP contribution in [0.3, 0.4) is 0 Å². The molecule has 0 spiro atoms. The maximum absolute atomic E-state index is 12.1. The van der Waals surface area contributed by atoms with Crippen LogP contribution in [0.15, 0.2) is 42.5 Å². The van der Waals surface area contributed by atoms with Crippen molar-refractivity contribution in [1.82, 2.24) is 0 Å². The lowest BCUT2D eigenvalue weighted by Crippen LogP contribution is -2.17. The van der Waals surface area contributed by atoms with Gasteiger partial charge in [0.15, 0.2) is 0 Å². The van der Waals surface area contributed by atoms with E-state index in [1.807, 2.05) is 0 Å². The summed E-state index contributed by atoms with van der Waals surface area (Å²) in [5, 5.41) is 10.0. The Hall–Kier alpha value is -1.92. The molecule has 3 N–H and O–H groups in total. The predicted octanol–water partition coefficient (Wildman–Crippen LogP) is 3.99. The van der Waals surface area contributed by atoms with Crippen molar-refractivity contribution in [2.75, 3.05) is 0 Å². The quantitative estimate of drug-likeness (QED) is 0.900. The van der Waals surface area contributed by atoms with E-state index >= 15 is 0 Å². The van der Waals surface area contributed by atoms with E-state index < -0.39 is 12.4 Å². The zero-order valence-electron chi connectivity index (χ0n) is 10.6. The van der Waals surface area contributed by atoms with Crippen LogP contribution in [-0.2, 0) is 0 Å². The average molecular weight is 318 g/mol. The molecule has 112 valence electrons. The molecule has 0 unspecified atom stereocenters. The molecule has 7 heteroatoms. The van der Waals surface area contributed by atoms with Gasteiger partial charge in [-0.15, -0.1) is 13.2 Å². The molecule has 0 aliphatic carbocycles. The Kier molecular flexibility index (Phi) is 4.29. The minimum absolute atomic E-state index is 0.151. The molecule has 0 bridgehead atoms. The molecule has 2 rings (SSSR count). The van der Waals surface area contributed by atoms with Crippen LogP contribution < -0.4 is 10.5 Å². The first-order valence-corrected chi connectivity index (χ1v) is 6.24. The molecule has 0 radical (unpaired) electrons. The monoisotopic (exact) mass is 317 g/mol. The minimum atomic E-state index is -4.74. The number of phenols is 1. The number of benzene rings is 2.